The lowest BCUT2D eigenvalue weighted by molar-refractivity contribution is 0.582. The predicted molar refractivity (Wildman–Crippen MR) is 110 cm³/mol. The van der Waals surface area contributed by atoms with E-state index in [2.05, 4.69) is 41.2 Å². The fraction of sp³-hybridized carbons (Fsp3) is 0.0870. The second-order valence-electron chi connectivity index (χ2n) is 7.04. The fourth-order valence-electron chi connectivity index (χ4n) is 3.25. The minimum Gasteiger partial charge on any atom is -0.416 e. The molecular weight excluding hydrogens is 367 g/mol. The second-order valence-corrected chi connectivity index (χ2v) is 7.04. The van der Waals surface area contributed by atoms with Crippen LogP contribution >= 0.6 is 0 Å². The molecule has 0 spiro atoms. The zero-order valence-electron chi connectivity index (χ0n) is 15.9. The molecule has 0 aliphatic rings. The molecule has 0 aliphatic heterocycles. The number of H-pyrrole nitrogens is 1. The number of aryl methyl sites for hydroxylation is 2. The van der Waals surface area contributed by atoms with Gasteiger partial charge in [0, 0.05) is 16.7 Å². The first kappa shape index (κ1) is 17.3. The summed E-state index contributed by atoms with van der Waals surface area (Å²) in [5.74, 6) is 1.13. The number of hydrogen-bond acceptors (Lipinski definition) is 4. The van der Waals surface area contributed by atoms with Crippen molar-refractivity contribution < 1.29 is 8.81 Å². The molecule has 0 saturated heterocycles. The zero-order valence-corrected chi connectivity index (χ0v) is 15.9. The summed E-state index contributed by atoms with van der Waals surface area (Å²) >= 11 is 0. The van der Waals surface area contributed by atoms with Gasteiger partial charge >= 0.3 is 0 Å². The Bertz CT molecular complexity index is 1300. The van der Waals surface area contributed by atoms with Crippen molar-refractivity contribution in [1.82, 2.24) is 20.2 Å². The number of rotatable bonds is 3. The SMILES string of the molecule is Cc1cc2nc(-c3ccc(-c4nnc(-c5cccc(F)c5)o4)cc3)[nH]c2cc1C. The van der Waals surface area contributed by atoms with Crippen LogP contribution in [0.2, 0.25) is 0 Å². The molecule has 5 nitrogen and oxygen atoms in total. The van der Waals surface area contributed by atoms with Gasteiger partial charge in [-0.25, -0.2) is 9.37 Å². The summed E-state index contributed by atoms with van der Waals surface area (Å²) in [6.07, 6.45) is 0. The van der Waals surface area contributed by atoms with Gasteiger partial charge in [-0.1, -0.05) is 18.2 Å². The number of halogens is 1. The molecule has 2 heterocycles. The largest absolute Gasteiger partial charge is 0.416 e. The third-order valence-electron chi connectivity index (χ3n) is 5.00. The van der Waals surface area contributed by atoms with Crippen LogP contribution in [0.4, 0.5) is 4.39 Å². The van der Waals surface area contributed by atoms with E-state index < -0.39 is 0 Å². The Morgan fingerprint density at radius 1 is 0.793 bits per heavy atom. The molecule has 0 fully saturated rings. The number of benzene rings is 3. The van der Waals surface area contributed by atoms with Crippen LogP contribution in [0.5, 0.6) is 0 Å². The third kappa shape index (κ3) is 3.18. The van der Waals surface area contributed by atoms with Gasteiger partial charge in [0.05, 0.1) is 11.0 Å². The van der Waals surface area contributed by atoms with E-state index in [0.29, 0.717) is 11.5 Å². The van der Waals surface area contributed by atoms with Gasteiger partial charge in [0.2, 0.25) is 11.8 Å². The van der Waals surface area contributed by atoms with E-state index in [1.54, 1.807) is 12.1 Å². The van der Waals surface area contributed by atoms with E-state index in [9.17, 15) is 4.39 Å². The number of nitrogens with zero attached hydrogens (tertiary/aromatic N) is 3. The normalized spacial score (nSPS) is 11.3. The Kier molecular flexibility index (Phi) is 3.98. The van der Waals surface area contributed by atoms with Gasteiger partial charge in [0.25, 0.3) is 0 Å². The highest BCUT2D eigenvalue weighted by Crippen LogP contribution is 2.27. The van der Waals surface area contributed by atoms with Crippen molar-refractivity contribution in [2.24, 2.45) is 0 Å². The third-order valence-corrected chi connectivity index (χ3v) is 5.00. The average Bonchev–Trinajstić information content (AvgIpc) is 3.36. The molecule has 0 saturated carbocycles. The molecular formula is C23H17FN4O. The monoisotopic (exact) mass is 384 g/mol. The molecule has 5 rings (SSSR count). The van der Waals surface area contributed by atoms with Crippen LogP contribution in [-0.2, 0) is 0 Å². The first-order valence-corrected chi connectivity index (χ1v) is 9.24. The summed E-state index contributed by atoms with van der Waals surface area (Å²) in [6.45, 7) is 4.17. The molecule has 0 unspecified atom stereocenters. The Balaban J connectivity index is 1.45. The van der Waals surface area contributed by atoms with E-state index in [-0.39, 0.29) is 11.7 Å². The summed E-state index contributed by atoms with van der Waals surface area (Å²) in [5, 5.41) is 8.11. The predicted octanol–water partition coefficient (Wildman–Crippen LogP) is 5.70. The van der Waals surface area contributed by atoms with Crippen molar-refractivity contribution in [1.29, 1.82) is 0 Å². The van der Waals surface area contributed by atoms with Crippen LogP contribution < -0.4 is 0 Å². The highest BCUT2D eigenvalue weighted by atomic mass is 19.1. The molecule has 0 aliphatic carbocycles. The van der Waals surface area contributed by atoms with Gasteiger partial charge in [-0.15, -0.1) is 10.2 Å². The number of imidazole rings is 1. The van der Waals surface area contributed by atoms with Crippen LogP contribution in [0.25, 0.3) is 45.3 Å². The van der Waals surface area contributed by atoms with Gasteiger partial charge < -0.3 is 9.40 Å². The first-order chi connectivity index (χ1) is 14.1. The minimum atomic E-state index is -0.345. The molecule has 142 valence electrons. The summed E-state index contributed by atoms with van der Waals surface area (Å²) < 4.78 is 19.1. The van der Waals surface area contributed by atoms with Gasteiger partial charge in [-0.3, -0.25) is 0 Å². The smallest absolute Gasteiger partial charge is 0.248 e. The lowest BCUT2D eigenvalue weighted by atomic mass is 10.1. The van der Waals surface area contributed by atoms with Crippen LogP contribution in [0, 0.1) is 19.7 Å². The van der Waals surface area contributed by atoms with E-state index >= 15 is 0 Å². The van der Waals surface area contributed by atoms with Crippen molar-refractivity contribution in [3.05, 3.63) is 77.6 Å². The second kappa shape index (κ2) is 6.67. The number of aromatic nitrogens is 4. The summed E-state index contributed by atoms with van der Waals surface area (Å²) in [7, 11) is 0. The molecule has 0 atom stereocenters. The molecule has 0 amide bonds. The summed E-state index contributed by atoms with van der Waals surface area (Å²) in [4.78, 5) is 8.07. The molecule has 0 radical (unpaired) electrons. The first-order valence-electron chi connectivity index (χ1n) is 9.24. The zero-order chi connectivity index (χ0) is 20.0. The molecule has 3 aromatic carbocycles. The lowest BCUT2D eigenvalue weighted by Crippen LogP contribution is -1.82. The maximum Gasteiger partial charge on any atom is 0.248 e. The standard InChI is InChI=1S/C23H17FN4O/c1-13-10-19-20(11-14(13)2)26-21(25-19)15-6-8-16(9-7-15)22-27-28-23(29-22)17-4-3-5-18(24)12-17/h3-12H,1-2H3,(H,25,26). The number of hydrogen-bond donors (Lipinski definition) is 1. The Morgan fingerprint density at radius 2 is 1.48 bits per heavy atom. The van der Waals surface area contributed by atoms with Crippen LogP contribution in [0.15, 0.2) is 65.1 Å². The highest BCUT2D eigenvalue weighted by Gasteiger charge is 2.12. The Labute approximate surface area is 166 Å². The fourth-order valence-corrected chi connectivity index (χ4v) is 3.25. The number of aromatic amines is 1. The van der Waals surface area contributed by atoms with Crippen molar-refractivity contribution >= 4 is 11.0 Å². The molecule has 1 N–H and O–H groups in total. The van der Waals surface area contributed by atoms with Gasteiger partial charge in [-0.05, 0) is 67.4 Å². The number of fused-ring (bicyclic) bond motifs is 1. The molecule has 29 heavy (non-hydrogen) atoms. The van der Waals surface area contributed by atoms with E-state index in [1.165, 1.54) is 23.3 Å². The molecule has 0 bridgehead atoms. The minimum absolute atomic E-state index is 0.284. The Morgan fingerprint density at radius 3 is 2.24 bits per heavy atom. The Hall–Kier alpha value is -3.80. The van der Waals surface area contributed by atoms with E-state index in [4.69, 9.17) is 9.40 Å². The van der Waals surface area contributed by atoms with Gasteiger partial charge in [-0.2, -0.15) is 0 Å². The maximum absolute atomic E-state index is 13.4. The van der Waals surface area contributed by atoms with Crippen molar-refractivity contribution in [3.63, 3.8) is 0 Å². The van der Waals surface area contributed by atoms with E-state index in [1.807, 2.05) is 24.3 Å². The van der Waals surface area contributed by atoms with Crippen molar-refractivity contribution in [3.8, 4) is 34.3 Å². The lowest BCUT2D eigenvalue weighted by Gasteiger charge is -1.99. The summed E-state index contributed by atoms with van der Waals surface area (Å²) in [5.41, 5.74) is 6.71. The van der Waals surface area contributed by atoms with Crippen molar-refractivity contribution in [2.45, 2.75) is 13.8 Å². The molecule has 2 aromatic heterocycles. The molecule has 6 heteroatoms. The van der Waals surface area contributed by atoms with Crippen LogP contribution in [-0.4, -0.2) is 20.2 Å². The highest BCUT2D eigenvalue weighted by molar-refractivity contribution is 5.81. The van der Waals surface area contributed by atoms with E-state index in [0.717, 1.165) is 28.0 Å². The van der Waals surface area contributed by atoms with Crippen LogP contribution in [0.3, 0.4) is 0 Å². The average molecular weight is 384 g/mol. The number of nitrogens with one attached hydrogen (secondary N) is 1. The topological polar surface area (TPSA) is 67.6 Å². The van der Waals surface area contributed by atoms with Crippen LogP contribution in [0.1, 0.15) is 11.1 Å². The maximum atomic E-state index is 13.4. The summed E-state index contributed by atoms with van der Waals surface area (Å²) in [6, 6.07) is 18.0. The van der Waals surface area contributed by atoms with Gasteiger partial charge in [0.1, 0.15) is 11.6 Å². The quantitative estimate of drug-likeness (QED) is 0.433. The van der Waals surface area contributed by atoms with Crippen molar-refractivity contribution in [2.75, 3.05) is 0 Å². The molecule has 5 aromatic rings. The van der Waals surface area contributed by atoms with Gasteiger partial charge in [0.15, 0.2) is 0 Å².